The van der Waals surface area contributed by atoms with Crippen LogP contribution in [0.25, 0.3) is 16.6 Å². The molecule has 9 heteroatoms. The second-order valence-electron chi connectivity index (χ2n) is 8.18. The van der Waals surface area contributed by atoms with E-state index in [0.29, 0.717) is 12.1 Å². The first-order chi connectivity index (χ1) is 15.0. The van der Waals surface area contributed by atoms with Crippen molar-refractivity contribution in [2.75, 3.05) is 39.5 Å². The van der Waals surface area contributed by atoms with Crippen molar-refractivity contribution in [1.29, 1.82) is 5.26 Å². The molecule has 0 saturated carbocycles. The number of pyridine rings is 1. The van der Waals surface area contributed by atoms with E-state index in [1.807, 2.05) is 22.0 Å². The van der Waals surface area contributed by atoms with Crippen LogP contribution in [0.4, 0.5) is 0 Å². The van der Waals surface area contributed by atoms with Crippen LogP contribution >= 0.6 is 11.8 Å². The Morgan fingerprint density at radius 3 is 2.87 bits per heavy atom. The Kier molecular flexibility index (Phi) is 6.30. The van der Waals surface area contributed by atoms with Crippen LogP contribution in [0, 0.1) is 11.3 Å². The minimum absolute atomic E-state index is 0.119. The summed E-state index contributed by atoms with van der Waals surface area (Å²) < 4.78 is 3.78. The highest BCUT2D eigenvalue weighted by molar-refractivity contribution is 7.99. The molecule has 0 bridgehead atoms. The molecule has 0 spiro atoms. The molecule has 0 aliphatic carbocycles. The molecule has 0 N–H and O–H groups in total. The van der Waals surface area contributed by atoms with E-state index >= 15 is 0 Å². The predicted molar refractivity (Wildman–Crippen MR) is 121 cm³/mol. The average Bonchev–Trinajstić information content (AvgIpc) is 3.41. The van der Waals surface area contributed by atoms with E-state index in [-0.39, 0.29) is 11.9 Å². The van der Waals surface area contributed by atoms with Crippen LogP contribution in [0.15, 0.2) is 35.7 Å². The maximum absolute atomic E-state index is 11.8. The van der Waals surface area contributed by atoms with Crippen molar-refractivity contribution in [2.24, 2.45) is 0 Å². The van der Waals surface area contributed by atoms with E-state index in [0.717, 1.165) is 53.2 Å². The van der Waals surface area contributed by atoms with Gasteiger partial charge in [-0.05, 0) is 33.0 Å². The molecule has 4 heterocycles. The summed E-state index contributed by atoms with van der Waals surface area (Å²) in [6, 6.07) is 4.57. The first-order valence-corrected chi connectivity index (χ1v) is 11.4. The van der Waals surface area contributed by atoms with Crippen molar-refractivity contribution in [2.45, 2.75) is 30.7 Å². The van der Waals surface area contributed by atoms with Gasteiger partial charge in [-0.1, -0.05) is 0 Å². The quantitative estimate of drug-likeness (QED) is 0.552. The van der Waals surface area contributed by atoms with E-state index in [2.05, 4.69) is 47.5 Å². The fourth-order valence-corrected chi connectivity index (χ4v) is 5.14. The Morgan fingerprint density at radius 2 is 2.13 bits per heavy atom. The molecule has 3 aromatic rings. The first kappa shape index (κ1) is 21.4. The molecule has 0 aromatic carbocycles. The van der Waals surface area contributed by atoms with Crippen molar-refractivity contribution in [1.82, 2.24) is 29.2 Å². The fraction of sp³-hybridized carbons (Fsp3) is 0.455. The summed E-state index contributed by atoms with van der Waals surface area (Å²) in [6.07, 6.45) is 9.50. The average molecular weight is 438 g/mol. The van der Waals surface area contributed by atoms with Gasteiger partial charge in [0.1, 0.15) is 6.07 Å². The van der Waals surface area contributed by atoms with Crippen molar-refractivity contribution < 1.29 is 4.79 Å². The molecular weight excluding hydrogens is 410 g/mol. The van der Waals surface area contributed by atoms with Crippen LogP contribution in [0.5, 0.6) is 0 Å². The summed E-state index contributed by atoms with van der Waals surface area (Å²) in [7, 11) is 4.11. The Balaban J connectivity index is 1.64. The van der Waals surface area contributed by atoms with Crippen LogP contribution in [-0.4, -0.2) is 74.6 Å². The molecular formula is C22H27N7OS. The molecule has 0 radical (unpaired) electrons. The van der Waals surface area contributed by atoms with Gasteiger partial charge in [-0.2, -0.15) is 15.5 Å². The number of nitrogens with zero attached hydrogens (tertiary/aromatic N) is 7. The molecule has 1 fully saturated rings. The van der Waals surface area contributed by atoms with Gasteiger partial charge in [-0.3, -0.25) is 9.48 Å². The summed E-state index contributed by atoms with van der Waals surface area (Å²) in [6.45, 7) is 4.10. The molecule has 8 nitrogen and oxygen atoms in total. The van der Waals surface area contributed by atoms with Crippen molar-refractivity contribution >= 4 is 23.2 Å². The molecule has 3 aromatic heterocycles. The van der Waals surface area contributed by atoms with Gasteiger partial charge in [0, 0.05) is 60.7 Å². The fourth-order valence-electron chi connectivity index (χ4n) is 3.92. The van der Waals surface area contributed by atoms with Crippen LogP contribution in [0.3, 0.4) is 0 Å². The lowest BCUT2D eigenvalue weighted by molar-refractivity contribution is -0.130. The van der Waals surface area contributed by atoms with Gasteiger partial charge < -0.3 is 9.80 Å². The van der Waals surface area contributed by atoms with Gasteiger partial charge in [0.05, 0.1) is 29.5 Å². The van der Waals surface area contributed by atoms with E-state index in [1.165, 1.54) is 0 Å². The van der Waals surface area contributed by atoms with Crippen LogP contribution in [0.1, 0.15) is 31.4 Å². The topological polar surface area (TPSA) is 82.5 Å². The summed E-state index contributed by atoms with van der Waals surface area (Å²) in [5.74, 6) is 1.04. The first-order valence-electron chi connectivity index (χ1n) is 10.5. The zero-order valence-electron chi connectivity index (χ0n) is 18.2. The van der Waals surface area contributed by atoms with E-state index < -0.39 is 0 Å². The zero-order chi connectivity index (χ0) is 22.0. The third kappa shape index (κ3) is 4.60. The lowest BCUT2D eigenvalue weighted by Gasteiger charge is -2.32. The van der Waals surface area contributed by atoms with Gasteiger partial charge in [0.15, 0.2) is 0 Å². The number of piperidine rings is 1. The summed E-state index contributed by atoms with van der Waals surface area (Å²) in [5, 5.41) is 18.5. The van der Waals surface area contributed by atoms with Gasteiger partial charge in [0.2, 0.25) is 5.91 Å². The normalized spacial score (nSPS) is 16.7. The molecule has 1 aliphatic rings. The third-order valence-electron chi connectivity index (χ3n) is 5.64. The van der Waals surface area contributed by atoms with Gasteiger partial charge in [0.25, 0.3) is 0 Å². The Hall–Kier alpha value is -2.83. The van der Waals surface area contributed by atoms with Crippen molar-refractivity contribution in [3.05, 3.63) is 36.4 Å². The standard InChI is InChI=1S/C22H27N7OS/c1-16(30)27-6-4-5-20(15-27)28-14-19(12-24-28)17-9-21(31-8-7-26(2)3)22-18(10-23)11-25-29(22)13-17/h9,11-14,20H,4-8,15H2,1-3H3. The molecule has 31 heavy (non-hydrogen) atoms. The third-order valence-corrected chi connectivity index (χ3v) is 6.65. The minimum atomic E-state index is 0.119. The number of fused-ring (bicyclic) bond motifs is 1. The molecule has 162 valence electrons. The largest absolute Gasteiger partial charge is 0.341 e. The molecule has 4 rings (SSSR count). The van der Waals surface area contributed by atoms with Crippen LogP contribution < -0.4 is 0 Å². The second-order valence-corrected chi connectivity index (χ2v) is 9.31. The van der Waals surface area contributed by atoms with Gasteiger partial charge >= 0.3 is 0 Å². The van der Waals surface area contributed by atoms with Crippen molar-refractivity contribution in [3.63, 3.8) is 0 Å². The molecule has 1 atom stereocenters. The summed E-state index contributed by atoms with van der Waals surface area (Å²) >= 11 is 1.73. The van der Waals surface area contributed by atoms with Crippen LogP contribution in [0.2, 0.25) is 0 Å². The van der Waals surface area contributed by atoms with Gasteiger partial charge in [-0.25, -0.2) is 4.52 Å². The second kappa shape index (κ2) is 9.12. The number of likely N-dealkylation sites (tertiary alicyclic amines) is 1. The maximum atomic E-state index is 11.8. The molecule has 1 unspecified atom stereocenters. The number of rotatable bonds is 6. The molecule has 1 saturated heterocycles. The Labute approximate surface area is 186 Å². The highest BCUT2D eigenvalue weighted by atomic mass is 32.2. The van der Waals surface area contributed by atoms with Crippen molar-refractivity contribution in [3.8, 4) is 17.2 Å². The molecule has 1 amide bonds. The number of aromatic nitrogens is 4. The van der Waals surface area contributed by atoms with E-state index in [4.69, 9.17) is 0 Å². The Morgan fingerprint density at radius 1 is 1.29 bits per heavy atom. The number of thioether (sulfide) groups is 1. The molecule has 1 aliphatic heterocycles. The smallest absolute Gasteiger partial charge is 0.219 e. The lowest BCUT2D eigenvalue weighted by Crippen LogP contribution is -2.39. The van der Waals surface area contributed by atoms with Crippen LogP contribution in [-0.2, 0) is 4.79 Å². The lowest BCUT2D eigenvalue weighted by atomic mass is 10.1. The highest BCUT2D eigenvalue weighted by Crippen LogP contribution is 2.32. The SMILES string of the molecule is CC(=O)N1CCCC(n2cc(-c3cc(SCCN(C)C)c4c(C#N)cnn4c3)cn2)C1. The highest BCUT2D eigenvalue weighted by Gasteiger charge is 2.23. The monoisotopic (exact) mass is 437 g/mol. The predicted octanol–water partition coefficient (Wildman–Crippen LogP) is 2.91. The van der Waals surface area contributed by atoms with E-state index in [9.17, 15) is 10.1 Å². The number of carbonyl (C=O) groups is 1. The Bertz CT molecular complexity index is 1130. The van der Waals surface area contributed by atoms with Gasteiger partial charge in [-0.15, -0.1) is 11.8 Å². The summed E-state index contributed by atoms with van der Waals surface area (Å²) in [4.78, 5) is 16.9. The number of hydrogen-bond acceptors (Lipinski definition) is 6. The number of nitriles is 1. The summed E-state index contributed by atoms with van der Waals surface area (Å²) in [5.41, 5.74) is 3.45. The maximum Gasteiger partial charge on any atom is 0.219 e. The number of amides is 1. The minimum Gasteiger partial charge on any atom is -0.341 e. The number of hydrogen-bond donors (Lipinski definition) is 0. The zero-order valence-corrected chi connectivity index (χ0v) is 19.0. The number of carbonyl (C=O) groups excluding carboxylic acids is 1. The van der Waals surface area contributed by atoms with E-state index in [1.54, 1.807) is 29.4 Å².